The minimum Gasteiger partial charge on any atom is -0.481 e. The van der Waals surface area contributed by atoms with E-state index in [1.807, 2.05) is 24.8 Å². The Labute approximate surface area is 100 Å². The van der Waals surface area contributed by atoms with Gasteiger partial charge in [0.05, 0.1) is 12.0 Å². The van der Waals surface area contributed by atoms with Crippen LogP contribution < -0.4 is 4.90 Å². The van der Waals surface area contributed by atoms with Crippen LogP contribution in [0.5, 0.6) is 0 Å². The summed E-state index contributed by atoms with van der Waals surface area (Å²) in [7, 11) is 0. The van der Waals surface area contributed by atoms with E-state index in [1.165, 1.54) is 6.20 Å². The highest BCUT2D eigenvalue weighted by Gasteiger charge is 2.16. The summed E-state index contributed by atoms with van der Waals surface area (Å²) in [6, 6.07) is 5.29. The number of nitriles is 1. The van der Waals surface area contributed by atoms with Crippen molar-refractivity contribution in [3.63, 3.8) is 0 Å². The first kappa shape index (κ1) is 13.0. The molecule has 0 fully saturated rings. The Kier molecular flexibility index (Phi) is 4.46. The molecule has 1 heterocycles. The summed E-state index contributed by atoms with van der Waals surface area (Å²) in [4.78, 5) is 16.7. The highest BCUT2D eigenvalue weighted by atomic mass is 16.4. The van der Waals surface area contributed by atoms with E-state index in [0.29, 0.717) is 17.9 Å². The lowest BCUT2D eigenvalue weighted by atomic mass is 10.2. The van der Waals surface area contributed by atoms with Gasteiger partial charge in [0, 0.05) is 18.8 Å². The van der Waals surface area contributed by atoms with Crippen molar-refractivity contribution in [2.24, 2.45) is 0 Å². The van der Waals surface area contributed by atoms with Gasteiger partial charge in [-0.15, -0.1) is 0 Å². The molecular weight excluding hydrogens is 218 g/mol. The van der Waals surface area contributed by atoms with E-state index >= 15 is 0 Å². The summed E-state index contributed by atoms with van der Waals surface area (Å²) in [5.41, 5.74) is 0.496. The molecular formula is C12H15N3O2. The zero-order chi connectivity index (χ0) is 12.8. The summed E-state index contributed by atoms with van der Waals surface area (Å²) in [6.45, 7) is 4.46. The fourth-order valence-corrected chi connectivity index (χ4v) is 1.68. The monoisotopic (exact) mass is 233 g/mol. The van der Waals surface area contributed by atoms with E-state index in [2.05, 4.69) is 4.98 Å². The lowest BCUT2D eigenvalue weighted by Gasteiger charge is -2.27. The number of aliphatic carboxylic acids is 1. The Balaban J connectivity index is 2.85. The first-order chi connectivity index (χ1) is 8.08. The highest BCUT2D eigenvalue weighted by molar-refractivity contribution is 5.68. The Bertz CT molecular complexity index is 422. The molecule has 1 N–H and O–H groups in total. The van der Waals surface area contributed by atoms with Crippen LogP contribution in [0, 0.1) is 11.3 Å². The predicted octanol–water partition coefficient (Wildman–Crippen LogP) is 1.64. The minimum absolute atomic E-state index is 0.0650. The predicted molar refractivity (Wildman–Crippen MR) is 63.7 cm³/mol. The molecule has 1 rings (SSSR count). The number of pyridine rings is 1. The number of rotatable bonds is 5. The van der Waals surface area contributed by atoms with Crippen LogP contribution in [0.3, 0.4) is 0 Å². The fraction of sp³-hybridized carbons (Fsp3) is 0.417. The van der Waals surface area contributed by atoms with Gasteiger partial charge in [0.2, 0.25) is 0 Å². The molecule has 90 valence electrons. The molecule has 0 aliphatic rings. The molecule has 0 aliphatic heterocycles. The number of carbonyl (C=O) groups is 1. The molecule has 0 spiro atoms. The number of hydrogen-bond donors (Lipinski definition) is 1. The van der Waals surface area contributed by atoms with Crippen LogP contribution in [0.2, 0.25) is 0 Å². The van der Waals surface area contributed by atoms with Gasteiger partial charge in [-0.3, -0.25) is 4.79 Å². The van der Waals surface area contributed by atoms with Crippen LogP contribution >= 0.6 is 0 Å². The number of nitrogens with zero attached hydrogens (tertiary/aromatic N) is 3. The summed E-state index contributed by atoms with van der Waals surface area (Å²) in [6.07, 6.45) is 1.56. The fourth-order valence-electron chi connectivity index (χ4n) is 1.68. The Morgan fingerprint density at radius 1 is 1.65 bits per heavy atom. The quantitative estimate of drug-likeness (QED) is 0.836. The van der Waals surface area contributed by atoms with E-state index in [-0.39, 0.29) is 12.5 Å². The molecule has 5 heteroatoms. The summed E-state index contributed by atoms with van der Waals surface area (Å²) in [5, 5.41) is 17.4. The third kappa shape index (κ3) is 3.45. The average molecular weight is 233 g/mol. The highest BCUT2D eigenvalue weighted by Crippen LogP contribution is 2.15. The van der Waals surface area contributed by atoms with Gasteiger partial charge in [0.15, 0.2) is 0 Å². The normalized spacial score (nSPS) is 11.6. The standard InChI is InChI=1S/C12H15N3O2/c1-3-15(9(2)6-12(16)17)11-5-4-10(7-13)8-14-11/h4-5,8-9H,3,6H2,1-2H3,(H,16,17). The maximum Gasteiger partial charge on any atom is 0.305 e. The van der Waals surface area contributed by atoms with Gasteiger partial charge in [0.1, 0.15) is 11.9 Å². The van der Waals surface area contributed by atoms with Gasteiger partial charge in [-0.2, -0.15) is 5.26 Å². The molecule has 1 unspecified atom stereocenters. The van der Waals surface area contributed by atoms with Gasteiger partial charge in [0.25, 0.3) is 0 Å². The van der Waals surface area contributed by atoms with Crippen LogP contribution in [0.25, 0.3) is 0 Å². The van der Waals surface area contributed by atoms with Crippen LogP contribution in [0.4, 0.5) is 5.82 Å². The summed E-state index contributed by atoms with van der Waals surface area (Å²) in [5.74, 6) is -0.134. The first-order valence-electron chi connectivity index (χ1n) is 5.43. The van der Waals surface area contributed by atoms with Crippen LogP contribution in [-0.2, 0) is 4.79 Å². The minimum atomic E-state index is -0.829. The number of carboxylic acids is 1. The smallest absolute Gasteiger partial charge is 0.305 e. The summed E-state index contributed by atoms with van der Waals surface area (Å²) >= 11 is 0. The second-order valence-electron chi connectivity index (χ2n) is 3.75. The van der Waals surface area contributed by atoms with Crippen molar-refractivity contribution in [1.82, 2.24) is 4.98 Å². The lowest BCUT2D eigenvalue weighted by Crippen LogP contribution is -2.35. The van der Waals surface area contributed by atoms with Crippen molar-refractivity contribution in [2.75, 3.05) is 11.4 Å². The average Bonchev–Trinajstić information content (AvgIpc) is 2.30. The number of hydrogen-bond acceptors (Lipinski definition) is 4. The SMILES string of the molecule is CCN(c1ccc(C#N)cn1)C(C)CC(=O)O. The van der Waals surface area contributed by atoms with Gasteiger partial charge >= 0.3 is 5.97 Å². The molecule has 0 saturated heterocycles. The van der Waals surface area contributed by atoms with E-state index in [0.717, 1.165) is 0 Å². The van der Waals surface area contributed by atoms with Crippen molar-refractivity contribution >= 4 is 11.8 Å². The molecule has 0 saturated carbocycles. The van der Waals surface area contributed by atoms with E-state index in [4.69, 9.17) is 10.4 Å². The molecule has 5 nitrogen and oxygen atoms in total. The molecule has 0 amide bonds. The van der Waals surface area contributed by atoms with Crippen LogP contribution in [0.15, 0.2) is 18.3 Å². The molecule has 0 aromatic carbocycles. The van der Waals surface area contributed by atoms with E-state index in [9.17, 15) is 4.79 Å². The number of anilines is 1. The molecule has 0 aliphatic carbocycles. The Morgan fingerprint density at radius 2 is 2.35 bits per heavy atom. The third-order valence-electron chi connectivity index (χ3n) is 2.51. The number of carboxylic acid groups (broad SMARTS) is 1. The molecule has 1 aromatic rings. The molecule has 0 bridgehead atoms. The Morgan fingerprint density at radius 3 is 2.76 bits per heavy atom. The van der Waals surface area contributed by atoms with Crippen molar-refractivity contribution in [2.45, 2.75) is 26.3 Å². The summed E-state index contributed by atoms with van der Waals surface area (Å²) < 4.78 is 0. The van der Waals surface area contributed by atoms with E-state index in [1.54, 1.807) is 12.1 Å². The van der Waals surface area contributed by atoms with Gasteiger partial charge in [-0.25, -0.2) is 4.98 Å². The molecule has 1 atom stereocenters. The Hall–Kier alpha value is -2.09. The second-order valence-corrected chi connectivity index (χ2v) is 3.75. The molecule has 0 radical (unpaired) electrons. The van der Waals surface area contributed by atoms with Crippen molar-refractivity contribution < 1.29 is 9.90 Å². The van der Waals surface area contributed by atoms with Gasteiger partial charge < -0.3 is 10.0 Å². The van der Waals surface area contributed by atoms with Crippen molar-refractivity contribution in [1.29, 1.82) is 5.26 Å². The number of aromatic nitrogens is 1. The zero-order valence-corrected chi connectivity index (χ0v) is 9.92. The maximum atomic E-state index is 10.7. The molecule has 17 heavy (non-hydrogen) atoms. The van der Waals surface area contributed by atoms with Gasteiger partial charge in [-0.05, 0) is 26.0 Å². The third-order valence-corrected chi connectivity index (χ3v) is 2.51. The topological polar surface area (TPSA) is 77.2 Å². The molecule has 1 aromatic heterocycles. The second kappa shape index (κ2) is 5.85. The maximum absolute atomic E-state index is 10.7. The van der Waals surface area contributed by atoms with Crippen molar-refractivity contribution in [3.05, 3.63) is 23.9 Å². The van der Waals surface area contributed by atoms with Gasteiger partial charge in [-0.1, -0.05) is 0 Å². The van der Waals surface area contributed by atoms with Crippen LogP contribution in [0.1, 0.15) is 25.8 Å². The largest absolute Gasteiger partial charge is 0.481 e. The van der Waals surface area contributed by atoms with Crippen molar-refractivity contribution in [3.8, 4) is 6.07 Å². The van der Waals surface area contributed by atoms with E-state index < -0.39 is 5.97 Å². The first-order valence-corrected chi connectivity index (χ1v) is 5.43. The van der Waals surface area contributed by atoms with Crippen LogP contribution in [-0.4, -0.2) is 28.6 Å². The zero-order valence-electron chi connectivity index (χ0n) is 9.92. The lowest BCUT2D eigenvalue weighted by molar-refractivity contribution is -0.137.